The van der Waals surface area contributed by atoms with Crippen molar-refractivity contribution in [1.29, 1.82) is 0 Å². The summed E-state index contributed by atoms with van der Waals surface area (Å²) in [5.41, 5.74) is 8.69. The van der Waals surface area contributed by atoms with Gasteiger partial charge < -0.3 is 9.47 Å². The van der Waals surface area contributed by atoms with Crippen molar-refractivity contribution in [1.82, 2.24) is 0 Å². The third-order valence-corrected chi connectivity index (χ3v) is 2.46. The van der Waals surface area contributed by atoms with E-state index in [1.807, 2.05) is 0 Å². The molecule has 6 nitrogen and oxygen atoms in total. The quantitative estimate of drug-likeness (QED) is 0.276. The Kier molecular flexibility index (Phi) is 5.05. The van der Waals surface area contributed by atoms with Gasteiger partial charge in [0.15, 0.2) is 0 Å². The molecule has 0 aliphatic carbocycles. The molecule has 1 rings (SSSR count). The van der Waals surface area contributed by atoms with Crippen LogP contribution in [-0.4, -0.2) is 20.2 Å². The molecule has 0 fully saturated rings. The first-order chi connectivity index (χ1) is 8.63. The lowest BCUT2D eigenvalue weighted by Gasteiger charge is -2.06. The number of methoxy groups -OCH3 is 2. The molecular formula is C11H10ClN3O3. The highest BCUT2D eigenvalue weighted by atomic mass is 35.5. The van der Waals surface area contributed by atoms with Crippen LogP contribution in [0, 0.1) is 0 Å². The van der Waals surface area contributed by atoms with E-state index in [-0.39, 0.29) is 5.70 Å². The Labute approximate surface area is 108 Å². The van der Waals surface area contributed by atoms with Crippen LogP contribution in [-0.2, 0) is 9.53 Å². The topological polar surface area (TPSA) is 84.3 Å². The number of azide groups is 1. The SMILES string of the molecule is COC(=O)C(=Cc1cccc(OC)c1Cl)N=[N+]=[N-]. The van der Waals surface area contributed by atoms with Gasteiger partial charge in [0, 0.05) is 4.91 Å². The Morgan fingerprint density at radius 1 is 1.50 bits per heavy atom. The Bertz CT molecular complexity index is 536. The zero-order valence-corrected chi connectivity index (χ0v) is 10.5. The first-order valence-electron chi connectivity index (χ1n) is 4.81. The average Bonchev–Trinajstić information content (AvgIpc) is 2.39. The van der Waals surface area contributed by atoms with Crippen LogP contribution in [0.25, 0.3) is 16.5 Å². The van der Waals surface area contributed by atoms with E-state index in [4.69, 9.17) is 21.9 Å². The number of hydrogen-bond acceptors (Lipinski definition) is 4. The molecule has 0 N–H and O–H groups in total. The van der Waals surface area contributed by atoms with E-state index in [0.717, 1.165) is 0 Å². The molecule has 0 unspecified atom stereocenters. The van der Waals surface area contributed by atoms with Crippen LogP contribution >= 0.6 is 11.6 Å². The molecule has 94 valence electrons. The molecule has 0 saturated heterocycles. The number of halogens is 1. The van der Waals surface area contributed by atoms with Gasteiger partial charge in [0.25, 0.3) is 0 Å². The molecule has 18 heavy (non-hydrogen) atoms. The molecule has 0 radical (unpaired) electrons. The minimum atomic E-state index is -0.744. The highest BCUT2D eigenvalue weighted by molar-refractivity contribution is 6.33. The molecule has 0 heterocycles. The Balaban J connectivity index is 3.28. The molecule has 0 atom stereocenters. The van der Waals surface area contributed by atoms with Crippen molar-refractivity contribution in [3.63, 3.8) is 0 Å². The van der Waals surface area contributed by atoms with Gasteiger partial charge in [-0.3, -0.25) is 0 Å². The predicted molar refractivity (Wildman–Crippen MR) is 67.1 cm³/mol. The number of hydrogen-bond donors (Lipinski definition) is 0. The molecule has 0 saturated carbocycles. The van der Waals surface area contributed by atoms with Crippen molar-refractivity contribution in [3.05, 3.63) is 44.9 Å². The normalized spacial score (nSPS) is 10.5. The van der Waals surface area contributed by atoms with Crippen molar-refractivity contribution < 1.29 is 14.3 Å². The zero-order valence-electron chi connectivity index (χ0n) is 9.75. The van der Waals surface area contributed by atoms with Crippen molar-refractivity contribution in [3.8, 4) is 5.75 Å². The average molecular weight is 268 g/mol. The lowest BCUT2D eigenvalue weighted by atomic mass is 10.2. The third-order valence-electron chi connectivity index (χ3n) is 2.05. The molecule has 0 aliphatic rings. The fourth-order valence-electron chi connectivity index (χ4n) is 1.23. The van der Waals surface area contributed by atoms with Crippen LogP contribution in [0.2, 0.25) is 5.02 Å². The summed E-state index contributed by atoms with van der Waals surface area (Å²) in [7, 11) is 2.67. The summed E-state index contributed by atoms with van der Waals surface area (Å²) in [5.74, 6) is -0.290. The van der Waals surface area contributed by atoms with Crippen molar-refractivity contribution in [2.75, 3.05) is 14.2 Å². The van der Waals surface area contributed by atoms with Crippen LogP contribution in [0.15, 0.2) is 29.0 Å². The molecule has 1 aromatic rings. The maximum Gasteiger partial charge on any atom is 0.340 e. The van der Waals surface area contributed by atoms with Gasteiger partial charge in [-0.15, -0.1) is 0 Å². The summed E-state index contributed by atoms with van der Waals surface area (Å²) in [6, 6.07) is 5.02. The van der Waals surface area contributed by atoms with Gasteiger partial charge in [-0.25, -0.2) is 4.79 Å². The first kappa shape index (κ1) is 13.9. The van der Waals surface area contributed by atoms with E-state index in [1.54, 1.807) is 18.2 Å². The third kappa shape index (κ3) is 3.16. The molecule has 0 spiro atoms. The summed E-state index contributed by atoms with van der Waals surface area (Å²) < 4.78 is 9.52. The highest BCUT2D eigenvalue weighted by Crippen LogP contribution is 2.29. The van der Waals surface area contributed by atoms with Gasteiger partial charge in [-0.2, -0.15) is 0 Å². The summed E-state index contributed by atoms with van der Waals surface area (Å²) in [6.45, 7) is 0. The number of benzene rings is 1. The second-order valence-electron chi connectivity index (χ2n) is 3.07. The fraction of sp³-hybridized carbons (Fsp3) is 0.182. The second-order valence-corrected chi connectivity index (χ2v) is 3.45. The second kappa shape index (κ2) is 6.54. The Morgan fingerprint density at radius 3 is 2.78 bits per heavy atom. The molecule has 0 amide bonds. The lowest BCUT2D eigenvalue weighted by molar-refractivity contribution is -0.136. The largest absolute Gasteiger partial charge is 0.495 e. The number of rotatable bonds is 4. The van der Waals surface area contributed by atoms with Gasteiger partial charge in [0.05, 0.1) is 19.2 Å². The zero-order chi connectivity index (χ0) is 13.5. The number of carbonyl (C=O) groups is 1. The molecule has 7 heteroatoms. The van der Waals surface area contributed by atoms with Crippen LogP contribution in [0.5, 0.6) is 5.75 Å². The number of nitrogens with zero attached hydrogens (tertiary/aromatic N) is 3. The Hall–Kier alpha value is -2.17. The summed E-state index contributed by atoms with van der Waals surface area (Å²) in [6.07, 6.45) is 1.33. The van der Waals surface area contributed by atoms with Crippen molar-refractivity contribution >= 4 is 23.6 Å². The van der Waals surface area contributed by atoms with Crippen LogP contribution in [0.3, 0.4) is 0 Å². The van der Waals surface area contributed by atoms with E-state index in [0.29, 0.717) is 16.3 Å². The van der Waals surface area contributed by atoms with Crippen molar-refractivity contribution in [2.45, 2.75) is 0 Å². The molecule has 0 aliphatic heterocycles. The maximum atomic E-state index is 11.3. The minimum absolute atomic E-state index is 0.185. The van der Waals surface area contributed by atoms with E-state index in [9.17, 15) is 4.79 Å². The van der Waals surface area contributed by atoms with E-state index < -0.39 is 5.97 Å². The summed E-state index contributed by atoms with van der Waals surface area (Å²) in [5, 5.41) is 3.57. The van der Waals surface area contributed by atoms with Gasteiger partial charge in [-0.1, -0.05) is 28.8 Å². The van der Waals surface area contributed by atoms with Crippen LogP contribution < -0.4 is 4.74 Å². The van der Waals surface area contributed by atoms with E-state index in [1.165, 1.54) is 20.3 Å². The van der Waals surface area contributed by atoms with Gasteiger partial charge in [0.2, 0.25) is 0 Å². The van der Waals surface area contributed by atoms with Crippen LogP contribution in [0.4, 0.5) is 0 Å². The smallest absolute Gasteiger partial charge is 0.340 e. The summed E-state index contributed by atoms with van der Waals surface area (Å²) in [4.78, 5) is 13.9. The lowest BCUT2D eigenvalue weighted by Crippen LogP contribution is -2.02. The fourth-order valence-corrected chi connectivity index (χ4v) is 1.48. The van der Waals surface area contributed by atoms with Crippen molar-refractivity contribution in [2.24, 2.45) is 5.11 Å². The highest BCUT2D eigenvalue weighted by Gasteiger charge is 2.10. The van der Waals surface area contributed by atoms with Gasteiger partial charge in [0.1, 0.15) is 11.4 Å². The molecule has 1 aromatic carbocycles. The number of esters is 1. The standard InChI is InChI=1S/C11H10ClN3O3/c1-17-9-5-3-4-7(10(9)12)6-8(14-15-13)11(16)18-2/h3-6H,1-2H3. The van der Waals surface area contributed by atoms with E-state index in [2.05, 4.69) is 14.8 Å². The number of ether oxygens (including phenoxy) is 2. The molecule has 0 aromatic heterocycles. The first-order valence-corrected chi connectivity index (χ1v) is 5.19. The van der Waals surface area contributed by atoms with Gasteiger partial charge in [-0.05, 0) is 23.2 Å². The van der Waals surface area contributed by atoms with Crippen LogP contribution in [0.1, 0.15) is 5.56 Å². The minimum Gasteiger partial charge on any atom is -0.495 e. The monoisotopic (exact) mass is 267 g/mol. The predicted octanol–water partition coefficient (Wildman–Crippen LogP) is 3.17. The number of carbonyl (C=O) groups excluding carboxylic acids is 1. The maximum absolute atomic E-state index is 11.3. The van der Waals surface area contributed by atoms with E-state index >= 15 is 0 Å². The molecule has 0 bridgehead atoms. The molecular weight excluding hydrogens is 258 g/mol. The summed E-state index contributed by atoms with van der Waals surface area (Å²) >= 11 is 6.04. The Morgan fingerprint density at radius 2 is 2.22 bits per heavy atom. The van der Waals surface area contributed by atoms with Gasteiger partial charge >= 0.3 is 5.97 Å².